The van der Waals surface area contributed by atoms with Gasteiger partial charge in [0.15, 0.2) is 0 Å². The first-order valence-electron chi connectivity index (χ1n) is 6.52. The van der Waals surface area contributed by atoms with Crippen LogP contribution in [0.4, 0.5) is 0 Å². The molecule has 0 spiro atoms. The highest BCUT2D eigenvalue weighted by Gasteiger charge is 2.24. The van der Waals surface area contributed by atoms with Crippen molar-refractivity contribution in [1.82, 2.24) is 10.2 Å². The maximum absolute atomic E-state index is 3.68. The molecule has 15 heavy (non-hydrogen) atoms. The van der Waals surface area contributed by atoms with E-state index in [4.69, 9.17) is 0 Å². The Labute approximate surface area is 95.4 Å². The van der Waals surface area contributed by atoms with Gasteiger partial charge in [-0.2, -0.15) is 0 Å². The number of likely N-dealkylation sites (tertiary alicyclic amines) is 1. The zero-order valence-corrected chi connectivity index (χ0v) is 11.1. The molecule has 1 heterocycles. The van der Waals surface area contributed by atoms with Gasteiger partial charge in [-0.05, 0) is 46.6 Å². The molecule has 1 N–H and O–H groups in total. The van der Waals surface area contributed by atoms with Crippen LogP contribution in [0, 0.1) is 0 Å². The molecule has 0 radical (unpaired) electrons. The zero-order chi connectivity index (χ0) is 11.4. The molecule has 2 unspecified atom stereocenters. The molecular weight excluding hydrogens is 184 g/mol. The summed E-state index contributed by atoms with van der Waals surface area (Å²) in [6.45, 7) is 12.8. The van der Waals surface area contributed by atoms with E-state index < -0.39 is 0 Å². The first kappa shape index (κ1) is 13.0. The molecule has 90 valence electrons. The summed E-state index contributed by atoms with van der Waals surface area (Å²) < 4.78 is 0. The van der Waals surface area contributed by atoms with Gasteiger partial charge in [-0.3, -0.25) is 4.90 Å². The summed E-state index contributed by atoms with van der Waals surface area (Å²) in [4.78, 5) is 2.64. The van der Waals surface area contributed by atoms with Gasteiger partial charge in [0.25, 0.3) is 0 Å². The van der Waals surface area contributed by atoms with Gasteiger partial charge in [-0.25, -0.2) is 0 Å². The normalized spacial score (nSPS) is 29.8. The first-order chi connectivity index (χ1) is 7.00. The third-order valence-corrected chi connectivity index (χ3v) is 3.39. The number of nitrogens with one attached hydrogen (secondary N) is 1. The van der Waals surface area contributed by atoms with Crippen molar-refractivity contribution < 1.29 is 0 Å². The van der Waals surface area contributed by atoms with Crippen LogP contribution in [0.15, 0.2) is 0 Å². The lowest BCUT2D eigenvalue weighted by Crippen LogP contribution is -2.41. The zero-order valence-electron chi connectivity index (χ0n) is 11.1. The summed E-state index contributed by atoms with van der Waals surface area (Å²) >= 11 is 0. The average Bonchev–Trinajstić information content (AvgIpc) is 2.25. The molecule has 0 aromatic rings. The van der Waals surface area contributed by atoms with Crippen LogP contribution in [0.3, 0.4) is 0 Å². The molecule has 2 nitrogen and oxygen atoms in total. The van der Waals surface area contributed by atoms with E-state index in [1.54, 1.807) is 0 Å². The lowest BCUT2D eigenvalue weighted by Gasteiger charge is -2.31. The van der Waals surface area contributed by atoms with Crippen molar-refractivity contribution in [3.63, 3.8) is 0 Å². The predicted molar refractivity (Wildman–Crippen MR) is 67.2 cm³/mol. The minimum atomic E-state index is 0.618. The van der Waals surface area contributed by atoms with Crippen molar-refractivity contribution in [3.05, 3.63) is 0 Å². The highest BCUT2D eigenvalue weighted by Crippen LogP contribution is 2.19. The molecule has 1 aliphatic rings. The number of hydrogen-bond acceptors (Lipinski definition) is 2. The van der Waals surface area contributed by atoms with Crippen LogP contribution in [0.5, 0.6) is 0 Å². The summed E-state index contributed by atoms with van der Waals surface area (Å²) in [6, 6.07) is 2.76. The molecule has 1 saturated heterocycles. The maximum Gasteiger partial charge on any atom is 0.00846 e. The highest BCUT2D eigenvalue weighted by atomic mass is 15.2. The van der Waals surface area contributed by atoms with Gasteiger partial charge in [-0.15, -0.1) is 0 Å². The number of rotatable bonds is 3. The Kier molecular flexibility index (Phi) is 5.07. The standard InChI is InChI=1S/C13H28N2/c1-10(2)14-13-7-6-8-15(11(3)4)12(5)9-13/h10-14H,6-9H2,1-5H3. The van der Waals surface area contributed by atoms with Crippen LogP contribution in [-0.2, 0) is 0 Å². The fraction of sp³-hybridized carbons (Fsp3) is 1.00. The molecule has 1 rings (SSSR count). The Hall–Kier alpha value is -0.0800. The van der Waals surface area contributed by atoms with Gasteiger partial charge in [0.05, 0.1) is 0 Å². The van der Waals surface area contributed by atoms with Crippen LogP contribution in [0.1, 0.15) is 53.9 Å². The van der Waals surface area contributed by atoms with Crippen LogP contribution >= 0.6 is 0 Å². The number of hydrogen-bond donors (Lipinski definition) is 1. The Morgan fingerprint density at radius 3 is 2.40 bits per heavy atom. The van der Waals surface area contributed by atoms with Gasteiger partial charge < -0.3 is 5.32 Å². The Bertz CT molecular complexity index is 177. The van der Waals surface area contributed by atoms with Crippen LogP contribution in [0.2, 0.25) is 0 Å². The van der Waals surface area contributed by atoms with Crippen molar-refractivity contribution in [2.75, 3.05) is 6.54 Å². The van der Waals surface area contributed by atoms with Crippen LogP contribution in [-0.4, -0.2) is 35.6 Å². The quantitative estimate of drug-likeness (QED) is 0.773. The van der Waals surface area contributed by atoms with Crippen molar-refractivity contribution in [1.29, 1.82) is 0 Å². The lowest BCUT2D eigenvalue weighted by molar-refractivity contribution is 0.164. The molecule has 2 heteroatoms. The second kappa shape index (κ2) is 5.86. The van der Waals surface area contributed by atoms with Crippen molar-refractivity contribution in [3.8, 4) is 0 Å². The van der Waals surface area contributed by atoms with Crippen molar-refractivity contribution >= 4 is 0 Å². The first-order valence-corrected chi connectivity index (χ1v) is 6.52. The molecule has 0 aromatic heterocycles. The fourth-order valence-electron chi connectivity index (χ4n) is 2.80. The highest BCUT2D eigenvalue weighted by molar-refractivity contribution is 4.82. The van der Waals surface area contributed by atoms with Crippen molar-refractivity contribution in [2.24, 2.45) is 0 Å². The molecule has 2 atom stereocenters. The smallest absolute Gasteiger partial charge is 0.00846 e. The minimum absolute atomic E-state index is 0.618. The lowest BCUT2D eigenvalue weighted by atomic mass is 10.0. The molecule has 0 aliphatic carbocycles. The van der Waals surface area contributed by atoms with E-state index in [0.717, 1.165) is 12.1 Å². The summed E-state index contributed by atoms with van der Waals surface area (Å²) in [7, 11) is 0. The summed E-state index contributed by atoms with van der Waals surface area (Å²) in [5.41, 5.74) is 0. The fourth-order valence-corrected chi connectivity index (χ4v) is 2.80. The molecule has 0 bridgehead atoms. The van der Waals surface area contributed by atoms with E-state index in [-0.39, 0.29) is 0 Å². The van der Waals surface area contributed by atoms with E-state index in [9.17, 15) is 0 Å². The van der Waals surface area contributed by atoms with E-state index >= 15 is 0 Å². The van der Waals surface area contributed by atoms with E-state index in [1.165, 1.54) is 25.8 Å². The average molecular weight is 212 g/mol. The Morgan fingerprint density at radius 2 is 1.87 bits per heavy atom. The van der Waals surface area contributed by atoms with Crippen LogP contribution in [0.25, 0.3) is 0 Å². The van der Waals surface area contributed by atoms with Gasteiger partial charge in [-0.1, -0.05) is 13.8 Å². The van der Waals surface area contributed by atoms with Gasteiger partial charge in [0.1, 0.15) is 0 Å². The van der Waals surface area contributed by atoms with E-state index in [2.05, 4.69) is 44.8 Å². The SMILES string of the molecule is CC(C)NC1CCCN(C(C)C)C(C)C1. The topological polar surface area (TPSA) is 15.3 Å². The Morgan fingerprint density at radius 1 is 1.20 bits per heavy atom. The maximum atomic E-state index is 3.68. The summed E-state index contributed by atoms with van der Waals surface area (Å²) in [5, 5.41) is 3.68. The van der Waals surface area contributed by atoms with Gasteiger partial charge in [0.2, 0.25) is 0 Å². The van der Waals surface area contributed by atoms with Crippen molar-refractivity contribution in [2.45, 2.75) is 78.0 Å². The molecular formula is C13H28N2. The predicted octanol–water partition coefficient (Wildman–Crippen LogP) is 2.64. The van der Waals surface area contributed by atoms with Gasteiger partial charge in [0, 0.05) is 24.2 Å². The third kappa shape index (κ3) is 4.12. The molecule has 0 aromatic carbocycles. The number of nitrogens with zero attached hydrogens (tertiary/aromatic N) is 1. The minimum Gasteiger partial charge on any atom is -0.312 e. The van der Waals surface area contributed by atoms with E-state index in [0.29, 0.717) is 12.1 Å². The second-order valence-electron chi connectivity index (χ2n) is 5.58. The molecule has 0 saturated carbocycles. The largest absolute Gasteiger partial charge is 0.312 e. The summed E-state index contributed by atoms with van der Waals surface area (Å²) in [5.74, 6) is 0. The second-order valence-corrected chi connectivity index (χ2v) is 5.58. The van der Waals surface area contributed by atoms with Gasteiger partial charge >= 0.3 is 0 Å². The van der Waals surface area contributed by atoms with Crippen LogP contribution < -0.4 is 5.32 Å². The monoisotopic (exact) mass is 212 g/mol. The third-order valence-electron chi connectivity index (χ3n) is 3.39. The molecule has 0 amide bonds. The Balaban J connectivity index is 2.49. The molecule has 1 aliphatic heterocycles. The molecule has 1 fully saturated rings. The summed E-state index contributed by atoms with van der Waals surface area (Å²) in [6.07, 6.45) is 3.98. The van der Waals surface area contributed by atoms with E-state index in [1.807, 2.05) is 0 Å².